The molecule has 2 rings (SSSR count). The molecular weight excluding hydrogens is 282 g/mol. The minimum Gasteiger partial charge on any atom is -0.479 e. The van der Waals surface area contributed by atoms with Crippen molar-refractivity contribution in [3.63, 3.8) is 0 Å². The van der Waals surface area contributed by atoms with Crippen molar-refractivity contribution in [3.05, 3.63) is 59.1 Å². The molecular formula is C13H10ClN3O3. The molecule has 1 aromatic heterocycles. The van der Waals surface area contributed by atoms with Gasteiger partial charge in [-0.1, -0.05) is 41.9 Å². The number of nitrogens with zero attached hydrogens (tertiary/aromatic N) is 2. The van der Waals surface area contributed by atoms with Gasteiger partial charge in [0.1, 0.15) is 10.8 Å². The molecule has 1 atom stereocenters. The molecule has 0 spiro atoms. The van der Waals surface area contributed by atoms with Gasteiger partial charge in [-0.2, -0.15) is 0 Å². The summed E-state index contributed by atoms with van der Waals surface area (Å²) in [5.74, 6) is -1.79. The Morgan fingerprint density at radius 1 is 1.15 bits per heavy atom. The third-order valence-corrected chi connectivity index (χ3v) is 2.70. The summed E-state index contributed by atoms with van der Waals surface area (Å²) in [5.41, 5.74) is 0.465. The molecule has 0 radical (unpaired) electrons. The van der Waals surface area contributed by atoms with E-state index in [-0.39, 0.29) is 10.8 Å². The molecule has 0 saturated carbocycles. The highest BCUT2D eigenvalue weighted by molar-refractivity contribution is 6.29. The number of benzene rings is 1. The van der Waals surface area contributed by atoms with Crippen molar-refractivity contribution in [2.24, 2.45) is 0 Å². The summed E-state index contributed by atoms with van der Waals surface area (Å²) in [6, 6.07) is 7.23. The van der Waals surface area contributed by atoms with E-state index in [4.69, 9.17) is 11.6 Å². The molecule has 102 valence electrons. The van der Waals surface area contributed by atoms with Gasteiger partial charge in [0.15, 0.2) is 6.04 Å². The van der Waals surface area contributed by atoms with Crippen LogP contribution in [0.4, 0.5) is 0 Å². The summed E-state index contributed by atoms with van der Waals surface area (Å²) in [5, 5.41) is 11.7. The third-order valence-electron chi connectivity index (χ3n) is 2.51. The monoisotopic (exact) mass is 291 g/mol. The summed E-state index contributed by atoms with van der Waals surface area (Å²) < 4.78 is 0. The van der Waals surface area contributed by atoms with E-state index in [1.807, 2.05) is 0 Å². The number of hydrogen-bond donors (Lipinski definition) is 2. The molecule has 0 bridgehead atoms. The van der Waals surface area contributed by atoms with Crippen LogP contribution in [0.3, 0.4) is 0 Å². The second kappa shape index (κ2) is 6.12. The van der Waals surface area contributed by atoms with Crippen LogP contribution in [-0.4, -0.2) is 27.0 Å². The number of hydrogen-bond acceptors (Lipinski definition) is 4. The smallest absolute Gasteiger partial charge is 0.330 e. The van der Waals surface area contributed by atoms with Crippen molar-refractivity contribution < 1.29 is 14.7 Å². The zero-order chi connectivity index (χ0) is 14.5. The van der Waals surface area contributed by atoms with Crippen LogP contribution in [0.2, 0.25) is 5.15 Å². The lowest BCUT2D eigenvalue weighted by atomic mass is 10.1. The van der Waals surface area contributed by atoms with E-state index in [0.29, 0.717) is 5.56 Å². The molecule has 1 amide bonds. The van der Waals surface area contributed by atoms with Gasteiger partial charge in [0, 0.05) is 0 Å². The Balaban J connectivity index is 2.19. The highest BCUT2D eigenvalue weighted by Crippen LogP contribution is 2.13. The molecule has 2 N–H and O–H groups in total. The highest BCUT2D eigenvalue weighted by Gasteiger charge is 2.23. The lowest BCUT2D eigenvalue weighted by Crippen LogP contribution is -2.34. The molecule has 20 heavy (non-hydrogen) atoms. The number of carboxylic acids is 1. The average molecular weight is 292 g/mol. The number of rotatable bonds is 4. The first-order chi connectivity index (χ1) is 9.58. The van der Waals surface area contributed by atoms with E-state index in [0.717, 1.165) is 0 Å². The quantitative estimate of drug-likeness (QED) is 0.894. The lowest BCUT2D eigenvalue weighted by molar-refractivity contribution is -0.139. The van der Waals surface area contributed by atoms with Crippen LogP contribution in [0.5, 0.6) is 0 Å². The first kappa shape index (κ1) is 14.0. The minimum absolute atomic E-state index is 0.00317. The first-order valence-corrected chi connectivity index (χ1v) is 6.02. The molecule has 0 unspecified atom stereocenters. The van der Waals surface area contributed by atoms with Crippen LogP contribution in [0.1, 0.15) is 22.1 Å². The molecule has 1 heterocycles. The van der Waals surface area contributed by atoms with Crippen LogP contribution in [0.15, 0.2) is 42.7 Å². The second-order valence-corrected chi connectivity index (χ2v) is 4.27. The number of aromatic nitrogens is 2. The van der Waals surface area contributed by atoms with Gasteiger partial charge in [0.25, 0.3) is 5.91 Å². The number of aliphatic carboxylic acids is 1. The fourth-order valence-corrected chi connectivity index (χ4v) is 1.67. The van der Waals surface area contributed by atoms with Crippen molar-refractivity contribution in [1.29, 1.82) is 0 Å². The van der Waals surface area contributed by atoms with E-state index in [1.54, 1.807) is 30.3 Å². The number of carboxylic acid groups (broad SMARTS) is 1. The van der Waals surface area contributed by atoms with Crippen LogP contribution >= 0.6 is 11.6 Å². The Morgan fingerprint density at radius 3 is 2.40 bits per heavy atom. The van der Waals surface area contributed by atoms with E-state index < -0.39 is 17.9 Å². The lowest BCUT2D eigenvalue weighted by Gasteiger charge is -2.14. The van der Waals surface area contributed by atoms with Crippen LogP contribution in [0.25, 0.3) is 0 Å². The van der Waals surface area contributed by atoms with Gasteiger partial charge in [-0.15, -0.1) is 0 Å². The van der Waals surface area contributed by atoms with Gasteiger partial charge < -0.3 is 10.4 Å². The Morgan fingerprint density at radius 2 is 1.85 bits per heavy atom. The Hall–Kier alpha value is -2.47. The SMILES string of the molecule is O=C(N[C@H](C(=O)O)c1ccccc1)c1cnc(Cl)cn1. The van der Waals surface area contributed by atoms with E-state index in [9.17, 15) is 14.7 Å². The van der Waals surface area contributed by atoms with Crippen molar-refractivity contribution in [1.82, 2.24) is 15.3 Å². The topological polar surface area (TPSA) is 92.2 Å². The van der Waals surface area contributed by atoms with E-state index in [1.165, 1.54) is 12.4 Å². The van der Waals surface area contributed by atoms with Crippen molar-refractivity contribution in [2.45, 2.75) is 6.04 Å². The summed E-state index contributed by atoms with van der Waals surface area (Å²) in [7, 11) is 0. The zero-order valence-corrected chi connectivity index (χ0v) is 10.9. The molecule has 0 aliphatic carbocycles. The molecule has 0 aliphatic heterocycles. The third kappa shape index (κ3) is 3.30. The molecule has 0 fully saturated rings. The fraction of sp³-hybridized carbons (Fsp3) is 0.0769. The predicted octanol–water partition coefficient (Wildman–Crippen LogP) is 1.69. The molecule has 6 nitrogen and oxygen atoms in total. The van der Waals surface area contributed by atoms with Gasteiger partial charge in [-0.25, -0.2) is 14.8 Å². The van der Waals surface area contributed by atoms with Crippen LogP contribution in [-0.2, 0) is 4.79 Å². The fourth-order valence-electron chi connectivity index (χ4n) is 1.57. The van der Waals surface area contributed by atoms with Gasteiger partial charge in [-0.05, 0) is 5.56 Å². The first-order valence-electron chi connectivity index (χ1n) is 5.64. The molecule has 0 saturated heterocycles. The van der Waals surface area contributed by atoms with Gasteiger partial charge in [0.2, 0.25) is 0 Å². The summed E-state index contributed by atoms with van der Waals surface area (Å²) in [6.45, 7) is 0. The summed E-state index contributed by atoms with van der Waals surface area (Å²) >= 11 is 5.57. The standard InChI is InChI=1S/C13H10ClN3O3/c14-10-7-15-9(6-16-10)12(18)17-11(13(19)20)8-4-2-1-3-5-8/h1-7,11H,(H,17,18)(H,19,20)/t11-/m0/s1. The van der Waals surface area contributed by atoms with Crippen LogP contribution < -0.4 is 5.32 Å². The maximum absolute atomic E-state index is 11.9. The van der Waals surface area contributed by atoms with Crippen molar-refractivity contribution >= 4 is 23.5 Å². The Labute approximate surface area is 119 Å². The average Bonchev–Trinajstić information content (AvgIpc) is 2.46. The molecule has 1 aromatic carbocycles. The number of halogens is 1. The minimum atomic E-state index is -1.16. The van der Waals surface area contributed by atoms with Crippen molar-refractivity contribution in [2.75, 3.05) is 0 Å². The van der Waals surface area contributed by atoms with Gasteiger partial charge in [-0.3, -0.25) is 4.79 Å². The largest absolute Gasteiger partial charge is 0.479 e. The van der Waals surface area contributed by atoms with E-state index >= 15 is 0 Å². The molecule has 7 heteroatoms. The summed E-state index contributed by atoms with van der Waals surface area (Å²) in [4.78, 5) is 30.7. The molecule has 2 aromatic rings. The maximum Gasteiger partial charge on any atom is 0.330 e. The number of carbonyl (C=O) groups excluding carboxylic acids is 1. The number of amides is 1. The number of nitrogens with one attached hydrogen (secondary N) is 1. The van der Waals surface area contributed by atoms with E-state index in [2.05, 4.69) is 15.3 Å². The summed E-state index contributed by atoms with van der Waals surface area (Å²) in [6.07, 6.45) is 2.40. The highest BCUT2D eigenvalue weighted by atomic mass is 35.5. The maximum atomic E-state index is 11.9. The van der Waals surface area contributed by atoms with Gasteiger partial charge in [0.05, 0.1) is 12.4 Å². The Bertz CT molecular complexity index is 617. The number of carbonyl (C=O) groups is 2. The van der Waals surface area contributed by atoms with Gasteiger partial charge >= 0.3 is 5.97 Å². The normalized spacial score (nSPS) is 11.7. The van der Waals surface area contributed by atoms with Crippen LogP contribution in [0, 0.1) is 0 Å². The zero-order valence-electron chi connectivity index (χ0n) is 10.2. The predicted molar refractivity (Wildman–Crippen MR) is 71.3 cm³/mol. The second-order valence-electron chi connectivity index (χ2n) is 3.88. The Kier molecular flexibility index (Phi) is 4.27. The van der Waals surface area contributed by atoms with Crippen molar-refractivity contribution in [3.8, 4) is 0 Å². The molecule has 0 aliphatic rings.